The molecule has 338 valence electrons. The number of carbonyl (C=O) groups excluding carboxylic acids is 4. The smallest absolute Gasteiger partial charge is 0.197 e. The SMILES string of the molecule is CCCCCCc1ccc(-c2c3cc(-c4ccc(C=C5C(=O)c6ccccc6C5=O)s4)sc3c(-c3ccc(CCCCCC)s3)c3cc(-c4ccc(C=C5C(=O)c6ccccc6C5=O)s4)sc23)s1. The molecule has 6 heterocycles. The molecule has 0 aliphatic heterocycles. The highest BCUT2D eigenvalue weighted by molar-refractivity contribution is 7.29. The van der Waals surface area contributed by atoms with Gasteiger partial charge in [-0.25, -0.2) is 0 Å². The van der Waals surface area contributed by atoms with Gasteiger partial charge in [-0.3, -0.25) is 19.2 Å². The molecule has 9 aromatic rings. The Labute approximate surface area is 420 Å². The monoisotopic (exact) mass is 998 g/mol. The van der Waals surface area contributed by atoms with E-state index in [1.165, 1.54) is 102 Å². The highest BCUT2D eigenvalue weighted by Gasteiger charge is 2.34. The summed E-state index contributed by atoms with van der Waals surface area (Å²) in [6.45, 7) is 4.52. The van der Waals surface area contributed by atoms with Crippen LogP contribution in [-0.2, 0) is 12.8 Å². The van der Waals surface area contributed by atoms with Crippen molar-refractivity contribution in [3.63, 3.8) is 0 Å². The molecule has 4 nitrogen and oxygen atoms in total. The number of hydrogen-bond acceptors (Lipinski definition) is 10. The van der Waals surface area contributed by atoms with E-state index in [0.29, 0.717) is 22.3 Å². The molecule has 0 saturated carbocycles. The number of unbranched alkanes of at least 4 members (excludes halogenated alkanes) is 6. The van der Waals surface area contributed by atoms with Gasteiger partial charge >= 0.3 is 0 Å². The molecule has 0 amide bonds. The molecule has 2 aliphatic carbocycles. The van der Waals surface area contributed by atoms with Gasteiger partial charge in [0, 0.05) is 102 Å². The van der Waals surface area contributed by atoms with Crippen molar-refractivity contribution in [3.05, 3.63) is 162 Å². The summed E-state index contributed by atoms with van der Waals surface area (Å²) >= 11 is 10.7. The number of rotatable bonds is 16. The zero-order valence-corrected chi connectivity index (χ0v) is 42.6. The number of benzene rings is 3. The second kappa shape index (κ2) is 19.1. The first-order chi connectivity index (χ1) is 33.3. The molecule has 0 unspecified atom stereocenters. The van der Waals surface area contributed by atoms with E-state index in [9.17, 15) is 19.2 Å². The van der Waals surface area contributed by atoms with Crippen LogP contribution in [0.5, 0.6) is 0 Å². The van der Waals surface area contributed by atoms with Crippen molar-refractivity contribution in [2.75, 3.05) is 0 Å². The third-order valence-corrected chi connectivity index (χ3v) is 20.0. The van der Waals surface area contributed by atoms with Crippen LogP contribution in [-0.4, -0.2) is 23.1 Å². The van der Waals surface area contributed by atoms with Gasteiger partial charge < -0.3 is 0 Å². The van der Waals surface area contributed by atoms with Crippen LogP contribution in [0, 0.1) is 0 Å². The Hall–Kier alpha value is -5.46. The predicted octanol–water partition coefficient (Wildman–Crippen LogP) is 18.2. The minimum Gasteiger partial charge on any atom is -0.288 e. The summed E-state index contributed by atoms with van der Waals surface area (Å²) in [5.41, 5.74) is 4.88. The van der Waals surface area contributed by atoms with Gasteiger partial charge in [0.15, 0.2) is 23.1 Å². The minimum absolute atomic E-state index is 0.210. The van der Waals surface area contributed by atoms with Crippen LogP contribution in [0.15, 0.2) is 120 Å². The summed E-state index contributed by atoms with van der Waals surface area (Å²) in [7, 11) is 0. The van der Waals surface area contributed by atoms with Crippen LogP contribution in [0.4, 0.5) is 0 Å². The topological polar surface area (TPSA) is 68.3 Å². The maximum absolute atomic E-state index is 13.4. The molecule has 3 aromatic carbocycles. The van der Waals surface area contributed by atoms with Gasteiger partial charge in [-0.1, -0.05) is 101 Å². The number of fused-ring (bicyclic) bond motifs is 4. The molecular formula is C58H46O4S6. The van der Waals surface area contributed by atoms with E-state index in [1.54, 1.807) is 59.1 Å². The van der Waals surface area contributed by atoms with E-state index in [4.69, 9.17) is 0 Å². The number of aryl methyl sites for hydroxylation is 2. The first kappa shape index (κ1) is 45.0. The molecular weight excluding hydrogens is 953 g/mol. The first-order valence-electron chi connectivity index (χ1n) is 23.5. The highest BCUT2D eigenvalue weighted by atomic mass is 32.1. The van der Waals surface area contributed by atoms with E-state index in [-0.39, 0.29) is 34.3 Å². The average molecular weight is 999 g/mol. The lowest BCUT2D eigenvalue weighted by Crippen LogP contribution is -1.99. The Bertz CT molecular complexity index is 3170. The largest absolute Gasteiger partial charge is 0.288 e. The molecule has 0 fully saturated rings. The van der Waals surface area contributed by atoms with Crippen LogP contribution < -0.4 is 0 Å². The Kier molecular flexibility index (Phi) is 12.7. The van der Waals surface area contributed by atoms with E-state index < -0.39 is 0 Å². The Balaban J connectivity index is 1.05. The normalized spacial score (nSPS) is 13.5. The molecule has 11 rings (SSSR count). The summed E-state index contributed by atoms with van der Waals surface area (Å²) in [5, 5.41) is 2.47. The average Bonchev–Trinajstić information content (AvgIpc) is 4.23. The summed E-state index contributed by atoms with van der Waals surface area (Å²) in [6.07, 6.45) is 15.5. The summed E-state index contributed by atoms with van der Waals surface area (Å²) in [6, 6.07) is 36.6. The van der Waals surface area contributed by atoms with Gasteiger partial charge in [-0.15, -0.1) is 68.0 Å². The molecule has 0 radical (unpaired) electrons. The molecule has 0 atom stereocenters. The molecule has 0 bridgehead atoms. The summed E-state index contributed by atoms with van der Waals surface area (Å²) in [4.78, 5) is 65.0. The van der Waals surface area contributed by atoms with E-state index >= 15 is 0 Å². The van der Waals surface area contributed by atoms with Crippen LogP contribution in [0.3, 0.4) is 0 Å². The number of thiophene rings is 6. The first-order valence-corrected chi connectivity index (χ1v) is 28.4. The van der Waals surface area contributed by atoms with Crippen molar-refractivity contribution in [1.82, 2.24) is 0 Å². The van der Waals surface area contributed by atoms with Gasteiger partial charge in [0.25, 0.3) is 0 Å². The lowest BCUT2D eigenvalue weighted by Gasteiger charge is -2.09. The fraction of sp³-hybridized carbons (Fsp3) is 0.207. The van der Waals surface area contributed by atoms with Crippen molar-refractivity contribution < 1.29 is 19.2 Å². The van der Waals surface area contributed by atoms with Crippen LogP contribution >= 0.6 is 68.0 Å². The van der Waals surface area contributed by atoms with Crippen LogP contribution in [0.2, 0.25) is 0 Å². The van der Waals surface area contributed by atoms with Crippen molar-refractivity contribution in [2.24, 2.45) is 0 Å². The predicted molar refractivity (Wildman–Crippen MR) is 292 cm³/mol. The number of allylic oxidation sites excluding steroid dienone is 2. The minimum atomic E-state index is -0.210. The van der Waals surface area contributed by atoms with Crippen LogP contribution in [0.25, 0.3) is 72.7 Å². The van der Waals surface area contributed by atoms with E-state index in [0.717, 1.165) is 42.1 Å². The molecule has 0 saturated heterocycles. The lowest BCUT2D eigenvalue weighted by molar-refractivity contribution is 0.0975. The number of ketones is 4. The number of hydrogen-bond donors (Lipinski definition) is 0. The third-order valence-electron chi connectivity index (χ3n) is 13.0. The second-order valence-electron chi connectivity index (χ2n) is 17.5. The summed E-state index contributed by atoms with van der Waals surface area (Å²) < 4.78 is 2.51. The molecule has 6 aromatic heterocycles. The quantitative estimate of drug-likeness (QED) is 0.0549. The standard InChI is InChI=1S/C58H46O4S6/c1-3-5-7-9-15-33-21-27-47(63-33)51-41-31-49(45-25-23-35(65-45)29-43-53(59)37-17-11-12-18-38(37)54(43)60)68-58(41)52(48-28-22-34(64-48)16-10-8-6-4-2)42-32-50(67-57(42)51)46-26-24-36(66-46)30-44-55(61)39-19-13-14-20-40(39)56(44)62/h11-14,17-32H,3-10,15-16H2,1-2H3. The second-order valence-corrected chi connectivity index (χ2v) is 24.2. The van der Waals surface area contributed by atoms with Crippen molar-refractivity contribution >= 4 is 123 Å². The van der Waals surface area contributed by atoms with Gasteiger partial charge in [0.1, 0.15) is 0 Å². The van der Waals surface area contributed by atoms with Crippen molar-refractivity contribution in [3.8, 4) is 40.4 Å². The Morgan fingerprint density at radius 1 is 0.382 bits per heavy atom. The fourth-order valence-corrected chi connectivity index (χ4v) is 16.4. The molecule has 2 aliphatic rings. The molecule has 10 heteroatoms. The van der Waals surface area contributed by atoms with Gasteiger partial charge in [-0.05, 0) is 98.5 Å². The third kappa shape index (κ3) is 8.33. The highest BCUT2D eigenvalue weighted by Crippen LogP contribution is 2.55. The Morgan fingerprint density at radius 3 is 1.15 bits per heavy atom. The zero-order chi connectivity index (χ0) is 46.5. The van der Waals surface area contributed by atoms with Crippen molar-refractivity contribution in [2.45, 2.75) is 78.1 Å². The molecule has 0 N–H and O–H groups in total. The zero-order valence-electron chi connectivity index (χ0n) is 37.7. The van der Waals surface area contributed by atoms with E-state index in [1.807, 2.05) is 81.7 Å². The maximum atomic E-state index is 13.4. The van der Waals surface area contributed by atoms with Gasteiger partial charge in [-0.2, -0.15) is 0 Å². The number of carbonyl (C=O) groups is 4. The fourth-order valence-electron chi connectivity index (χ4n) is 9.46. The van der Waals surface area contributed by atoms with Crippen molar-refractivity contribution in [1.29, 1.82) is 0 Å². The summed E-state index contributed by atoms with van der Waals surface area (Å²) in [5.74, 6) is -0.840. The van der Waals surface area contributed by atoms with Crippen LogP contribution in [0.1, 0.15) is 126 Å². The maximum Gasteiger partial charge on any atom is 0.197 e. The number of Topliss-reactive ketones (excluding diaryl/α,β-unsaturated/α-hetero) is 4. The van der Waals surface area contributed by atoms with E-state index in [2.05, 4.69) is 62.4 Å². The van der Waals surface area contributed by atoms with Gasteiger partial charge in [0.05, 0.1) is 11.1 Å². The lowest BCUT2D eigenvalue weighted by atomic mass is 9.99. The molecule has 68 heavy (non-hydrogen) atoms. The van der Waals surface area contributed by atoms with Gasteiger partial charge in [0.2, 0.25) is 0 Å². The molecule has 0 spiro atoms. The Morgan fingerprint density at radius 2 is 0.765 bits per heavy atom.